The zero-order valence-electron chi connectivity index (χ0n) is 14.6. The zero-order chi connectivity index (χ0) is 18.9. The van der Waals surface area contributed by atoms with E-state index >= 15 is 0 Å². The Morgan fingerprint density at radius 3 is 2.15 bits per heavy atom. The van der Waals surface area contributed by atoms with Crippen molar-refractivity contribution in [1.82, 2.24) is 0 Å². The average molecular weight is 352 g/mol. The van der Waals surface area contributed by atoms with Gasteiger partial charge in [0.25, 0.3) is 0 Å². The highest BCUT2D eigenvalue weighted by Crippen LogP contribution is 2.16. The second-order valence-electron chi connectivity index (χ2n) is 5.73. The smallest absolute Gasteiger partial charge is 0.434 e. The minimum Gasteiger partial charge on any atom is -0.434 e. The SMILES string of the molecule is C=C(C)C(=O)CCCOC(=O)Oc1ccc(C(=O)c2ccccc2)cc1. The number of benzene rings is 2. The monoisotopic (exact) mass is 352 g/mol. The van der Waals surface area contributed by atoms with Crippen LogP contribution in [0.3, 0.4) is 0 Å². The molecule has 0 N–H and O–H groups in total. The number of hydrogen-bond donors (Lipinski definition) is 0. The number of carbonyl (C=O) groups is 3. The first kappa shape index (κ1) is 19.1. The molecule has 0 unspecified atom stereocenters. The molecule has 0 radical (unpaired) electrons. The molecule has 0 aliphatic carbocycles. The summed E-state index contributed by atoms with van der Waals surface area (Å²) < 4.78 is 9.95. The first-order valence-corrected chi connectivity index (χ1v) is 8.20. The molecule has 134 valence electrons. The molecule has 0 aromatic heterocycles. The molecule has 5 nitrogen and oxygen atoms in total. The van der Waals surface area contributed by atoms with Crippen LogP contribution in [-0.4, -0.2) is 24.3 Å². The summed E-state index contributed by atoms with van der Waals surface area (Å²) in [6.45, 7) is 5.29. The lowest BCUT2D eigenvalue weighted by Crippen LogP contribution is -2.12. The molecule has 0 aliphatic heterocycles. The van der Waals surface area contributed by atoms with Crippen LogP contribution in [0.4, 0.5) is 4.79 Å². The van der Waals surface area contributed by atoms with Crippen molar-refractivity contribution in [2.45, 2.75) is 19.8 Å². The summed E-state index contributed by atoms with van der Waals surface area (Å²) >= 11 is 0. The number of carbonyl (C=O) groups excluding carboxylic acids is 3. The fraction of sp³-hybridized carbons (Fsp3) is 0.190. The van der Waals surface area contributed by atoms with Crippen molar-refractivity contribution in [3.63, 3.8) is 0 Å². The number of allylic oxidation sites excluding steroid dienone is 1. The van der Waals surface area contributed by atoms with Crippen LogP contribution in [0.5, 0.6) is 5.75 Å². The standard InChI is InChI=1S/C21H20O5/c1-15(2)19(22)9-6-14-25-21(24)26-18-12-10-17(11-13-18)20(23)16-7-4-3-5-8-16/h3-5,7-8,10-13H,1,6,9,14H2,2H3. The summed E-state index contributed by atoms with van der Waals surface area (Å²) in [6, 6.07) is 15.1. The molecule has 0 saturated carbocycles. The van der Waals surface area contributed by atoms with Gasteiger partial charge in [0.2, 0.25) is 0 Å². The van der Waals surface area contributed by atoms with Gasteiger partial charge in [-0.2, -0.15) is 0 Å². The predicted molar refractivity (Wildman–Crippen MR) is 97.3 cm³/mol. The summed E-state index contributed by atoms with van der Waals surface area (Å²) in [6.07, 6.45) is -0.167. The molecule has 2 aromatic carbocycles. The molecule has 0 bridgehead atoms. The number of Topliss-reactive ketones (excluding diaryl/α,β-unsaturated/α-hetero) is 1. The summed E-state index contributed by atoms with van der Waals surface area (Å²) in [5.74, 6) is 0.111. The maximum atomic E-state index is 12.3. The van der Waals surface area contributed by atoms with Crippen LogP contribution >= 0.6 is 0 Å². The van der Waals surface area contributed by atoms with Crippen molar-refractivity contribution >= 4 is 17.7 Å². The van der Waals surface area contributed by atoms with E-state index in [4.69, 9.17) is 9.47 Å². The average Bonchev–Trinajstić information content (AvgIpc) is 2.65. The van der Waals surface area contributed by atoms with E-state index in [1.54, 1.807) is 43.3 Å². The van der Waals surface area contributed by atoms with Gasteiger partial charge in [-0.25, -0.2) is 4.79 Å². The van der Waals surface area contributed by atoms with Crippen molar-refractivity contribution in [3.05, 3.63) is 77.9 Å². The van der Waals surface area contributed by atoms with Gasteiger partial charge in [-0.15, -0.1) is 0 Å². The zero-order valence-corrected chi connectivity index (χ0v) is 14.6. The van der Waals surface area contributed by atoms with Crippen LogP contribution in [0, 0.1) is 0 Å². The lowest BCUT2D eigenvalue weighted by Gasteiger charge is -2.07. The van der Waals surface area contributed by atoms with Gasteiger partial charge in [-0.3, -0.25) is 9.59 Å². The molecule has 0 fully saturated rings. The predicted octanol–water partition coefficient (Wildman–Crippen LogP) is 4.36. The van der Waals surface area contributed by atoms with E-state index in [-0.39, 0.29) is 30.3 Å². The Morgan fingerprint density at radius 2 is 1.54 bits per heavy atom. The Kier molecular flexibility index (Phi) is 6.85. The number of rotatable bonds is 8. The molecular formula is C21H20O5. The summed E-state index contributed by atoms with van der Waals surface area (Å²) in [4.78, 5) is 35.3. The highest BCUT2D eigenvalue weighted by Gasteiger charge is 2.11. The molecule has 26 heavy (non-hydrogen) atoms. The fourth-order valence-corrected chi connectivity index (χ4v) is 2.16. The fourth-order valence-electron chi connectivity index (χ4n) is 2.16. The second kappa shape index (κ2) is 9.32. The van der Waals surface area contributed by atoms with Gasteiger partial charge in [0.15, 0.2) is 11.6 Å². The molecule has 2 aromatic rings. The van der Waals surface area contributed by atoms with Crippen molar-refractivity contribution in [3.8, 4) is 5.75 Å². The molecule has 0 heterocycles. The van der Waals surface area contributed by atoms with Crippen LogP contribution < -0.4 is 4.74 Å². The Bertz CT molecular complexity index is 791. The Labute approximate surface area is 152 Å². The number of ether oxygens (including phenoxy) is 2. The first-order valence-electron chi connectivity index (χ1n) is 8.20. The van der Waals surface area contributed by atoms with E-state index in [2.05, 4.69) is 6.58 Å². The molecule has 2 rings (SSSR count). The molecule has 0 spiro atoms. The van der Waals surface area contributed by atoms with Crippen LogP contribution in [-0.2, 0) is 9.53 Å². The van der Waals surface area contributed by atoms with Gasteiger partial charge in [0, 0.05) is 17.5 Å². The summed E-state index contributed by atoms with van der Waals surface area (Å²) in [5, 5.41) is 0. The third kappa shape index (κ3) is 5.70. The second-order valence-corrected chi connectivity index (χ2v) is 5.73. The van der Waals surface area contributed by atoms with Crippen molar-refractivity contribution in [2.75, 3.05) is 6.61 Å². The van der Waals surface area contributed by atoms with E-state index in [0.29, 0.717) is 23.1 Å². The minimum atomic E-state index is -0.852. The van der Waals surface area contributed by atoms with Gasteiger partial charge in [0.1, 0.15) is 5.75 Å². The summed E-state index contributed by atoms with van der Waals surface area (Å²) in [5.41, 5.74) is 1.57. The van der Waals surface area contributed by atoms with E-state index in [1.807, 2.05) is 6.07 Å². The van der Waals surface area contributed by atoms with Crippen molar-refractivity contribution in [1.29, 1.82) is 0 Å². The highest BCUT2D eigenvalue weighted by atomic mass is 16.7. The van der Waals surface area contributed by atoms with Gasteiger partial charge in [0.05, 0.1) is 6.61 Å². The quantitative estimate of drug-likeness (QED) is 0.232. The van der Waals surface area contributed by atoms with E-state index in [9.17, 15) is 14.4 Å². The Hall–Kier alpha value is -3.21. The number of ketones is 2. The van der Waals surface area contributed by atoms with Gasteiger partial charge in [-0.1, -0.05) is 36.9 Å². The Balaban J connectivity index is 1.81. The highest BCUT2D eigenvalue weighted by molar-refractivity contribution is 6.09. The maximum Gasteiger partial charge on any atom is 0.513 e. The van der Waals surface area contributed by atoms with Crippen LogP contribution in [0.2, 0.25) is 0 Å². The van der Waals surface area contributed by atoms with E-state index in [0.717, 1.165) is 0 Å². The van der Waals surface area contributed by atoms with Gasteiger partial charge in [-0.05, 0) is 43.2 Å². The molecule has 0 amide bonds. The van der Waals surface area contributed by atoms with Gasteiger partial charge >= 0.3 is 6.16 Å². The maximum absolute atomic E-state index is 12.3. The third-order valence-corrected chi connectivity index (χ3v) is 3.60. The molecular weight excluding hydrogens is 332 g/mol. The summed E-state index contributed by atoms with van der Waals surface area (Å²) in [7, 11) is 0. The topological polar surface area (TPSA) is 69.7 Å². The molecule has 0 aliphatic rings. The lowest BCUT2D eigenvalue weighted by atomic mass is 10.0. The van der Waals surface area contributed by atoms with Crippen molar-refractivity contribution in [2.24, 2.45) is 0 Å². The third-order valence-electron chi connectivity index (χ3n) is 3.60. The number of hydrogen-bond acceptors (Lipinski definition) is 5. The van der Waals surface area contributed by atoms with E-state index < -0.39 is 6.16 Å². The largest absolute Gasteiger partial charge is 0.513 e. The first-order chi connectivity index (χ1) is 12.5. The van der Waals surface area contributed by atoms with Crippen molar-refractivity contribution < 1.29 is 23.9 Å². The molecule has 0 atom stereocenters. The van der Waals surface area contributed by atoms with Gasteiger partial charge < -0.3 is 9.47 Å². The Morgan fingerprint density at radius 1 is 0.923 bits per heavy atom. The molecule has 5 heteroatoms. The normalized spacial score (nSPS) is 10.0. The molecule has 0 saturated heterocycles. The van der Waals surface area contributed by atoms with Crippen LogP contribution in [0.25, 0.3) is 0 Å². The minimum absolute atomic E-state index is 0.0550. The van der Waals surface area contributed by atoms with E-state index in [1.165, 1.54) is 12.1 Å². The van der Waals surface area contributed by atoms with Crippen LogP contribution in [0.15, 0.2) is 66.7 Å². The van der Waals surface area contributed by atoms with Crippen LogP contribution in [0.1, 0.15) is 35.7 Å². The lowest BCUT2D eigenvalue weighted by molar-refractivity contribution is -0.115.